The second-order valence-electron chi connectivity index (χ2n) is 7.44. The summed E-state index contributed by atoms with van der Waals surface area (Å²) < 4.78 is 17.8. The van der Waals surface area contributed by atoms with Crippen LogP contribution in [0.2, 0.25) is 0 Å². The molecule has 2 aliphatic heterocycles. The van der Waals surface area contributed by atoms with Gasteiger partial charge in [-0.3, -0.25) is 0 Å². The van der Waals surface area contributed by atoms with Crippen LogP contribution in [0.4, 0.5) is 0 Å². The molecule has 4 atom stereocenters. The second-order valence-corrected chi connectivity index (χ2v) is 8.30. The molecule has 2 N–H and O–H groups in total. The van der Waals surface area contributed by atoms with Crippen molar-refractivity contribution < 1.29 is 24.4 Å². The topological polar surface area (TPSA) is 68.2 Å². The number of aryl methyl sites for hydroxylation is 1. The van der Waals surface area contributed by atoms with Gasteiger partial charge in [-0.2, -0.15) is 0 Å². The molecule has 0 radical (unpaired) electrons. The van der Waals surface area contributed by atoms with Gasteiger partial charge in [-0.1, -0.05) is 40.2 Å². The fraction of sp³-hybridized carbons (Fsp3) is 0.455. The SMILES string of the molecule is COC1OC(c2ccc(Br)c(Cc3ccc4c(c3)CCCO4)c2)CC(O)C1O. The Bertz CT molecular complexity index is 840. The lowest BCUT2D eigenvalue weighted by Gasteiger charge is -2.36. The van der Waals surface area contributed by atoms with E-state index >= 15 is 0 Å². The number of halogens is 1. The second kappa shape index (κ2) is 8.51. The average Bonchev–Trinajstić information content (AvgIpc) is 2.71. The zero-order valence-corrected chi connectivity index (χ0v) is 17.4. The number of hydrogen-bond donors (Lipinski definition) is 2. The Morgan fingerprint density at radius 3 is 2.86 bits per heavy atom. The molecule has 2 aromatic rings. The Labute approximate surface area is 173 Å². The Hall–Kier alpha value is -1.44. The number of methoxy groups -OCH3 is 1. The van der Waals surface area contributed by atoms with Gasteiger partial charge in [0.15, 0.2) is 6.29 Å². The minimum absolute atomic E-state index is 0.327. The standard InChI is InChI=1S/C22H25BrO5/c1-26-22-21(25)18(24)12-20(28-22)15-5-6-17(23)16(11-15)10-13-4-7-19-14(9-13)3-2-8-27-19/h4-7,9,11,18,20-22,24-25H,2-3,8,10,12H2,1H3. The molecule has 150 valence electrons. The third-order valence-electron chi connectivity index (χ3n) is 5.47. The highest BCUT2D eigenvalue weighted by Crippen LogP contribution is 2.35. The van der Waals surface area contributed by atoms with Crippen molar-refractivity contribution in [3.8, 4) is 5.75 Å². The van der Waals surface area contributed by atoms with Crippen LogP contribution < -0.4 is 4.74 Å². The zero-order valence-electron chi connectivity index (χ0n) is 15.8. The molecule has 4 rings (SSSR count). The number of rotatable bonds is 4. The maximum atomic E-state index is 10.2. The van der Waals surface area contributed by atoms with Gasteiger partial charge >= 0.3 is 0 Å². The highest BCUT2D eigenvalue weighted by molar-refractivity contribution is 9.10. The molecule has 0 saturated carbocycles. The monoisotopic (exact) mass is 448 g/mol. The van der Waals surface area contributed by atoms with Crippen molar-refractivity contribution in [2.75, 3.05) is 13.7 Å². The minimum atomic E-state index is -1.03. The van der Waals surface area contributed by atoms with Crippen molar-refractivity contribution in [2.24, 2.45) is 0 Å². The van der Waals surface area contributed by atoms with Gasteiger partial charge in [0.2, 0.25) is 0 Å². The van der Waals surface area contributed by atoms with Gasteiger partial charge in [0.05, 0.1) is 18.8 Å². The Morgan fingerprint density at radius 2 is 2.04 bits per heavy atom. The summed E-state index contributed by atoms with van der Waals surface area (Å²) in [6.45, 7) is 0.796. The van der Waals surface area contributed by atoms with Crippen molar-refractivity contribution in [3.63, 3.8) is 0 Å². The van der Waals surface area contributed by atoms with Crippen molar-refractivity contribution in [1.82, 2.24) is 0 Å². The van der Waals surface area contributed by atoms with E-state index in [1.165, 1.54) is 18.2 Å². The van der Waals surface area contributed by atoms with Crippen molar-refractivity contribution in [2.45, 2.75) is 50.3 Å². The molecule has 1 saturated heterocycles. The molecule has 6 heteroatoms. The molecular formula is C22H25BrO5. The summed E-state index contributed by atoms with van der Waals surface area (Å²) in [6.07, 6.45) is 0.160. The first kappa shape index (κ1) is 19.9. The van der Waals surface area contributed by atoms with Crippen LogP contribution in [0.25, 0.3) is 0 Å². The smallest absolute Gasteiger partial charge is 0.186 e. The summed E-state index contributed by atoms with van der Waals surface area (Å²) in [5.41, 5.74) is 4.61. The van der Waals surface area contributed by atoms with Crippen LogP contribution in [0.1, 0.15) is 41.2 Å². The van der Waals surface area contributed by atoms with E-state index in [0.29, 0.717) is 6.42 Å². The number of aliphatic hydroxyl groups excluding tert-OH is 2. The summed E-state index contributed by atoms with van der Waals surface area (Å²) in [6, 6.07) is 12.5. The van der Waals surface area contributed by atoms with Gasteiger partial charge in [0.25, 0.3) is 0 Å². The van der Waals surface area contributed by atoms with Crippen LogP contribution in [0.3, 0.4) is 0 Å². The third kappa shape index (κ3) is 4.11. The molecule has 28 heavy (non-hydrogen) atoms. The van der Waals surface area contributed by atoms with E-state index in [2.05, 4.69) is 40.2 Å². The van der Waals surface area contributed by atoms with E-state index in [-0.39, 0.29) is 6.10 Å². The largest absolute Gasteiger partial charge is 0.493 e. The van der Waals surface area contributed by atoms with Gasteiger partial charge in [0, 0.05) is 18.0 Å². The van der Waals surface area contributed by atoms with E-state index in [4.69, 9.17) is 14.2 Å². The van der Waals surface area contributed by atoms with Crippen molar-refractivity contribution in [1.29, 1.82) is 0 Å². The molecule has 1 fully saturated rings. The fourth-order valence-electron chi connectivity index (χ4n) is 3.92. The minimum Gasteiger partial charge on any atom is -0.493 e. The lowest BCUT2D eigenvalue weighted by atomic mass is 9.94. The maximum absolute atomic E-state index is 10.2. The molecule has 0 aliphatic carbocycles. The van der Waals surface area contributed by atoms with E-state index in [1.807, 2.05) is 12.1 Å². The predicted octanol–water partition coefficient (Wildman–Crippen LogP) is 3.52. The van der Waals surface area contributed by atoms with Gasteiger partial charge in [-0.05, 0) is 53.6 Å². The molecule has 2 aliphatic rings. The average molecular weight is 449 g/mol. The summed E-state index contributed by atoms with van der Waals surface area (Å²) >= 11 is 3.65. The van der Waals surface area contributed by atoms with Gasteiger partial charge in [-0.15, -0.1) is 0 Å². The maximum Gasteiger partial charge on any atom is 0.186 e. The molecule has 4 unspecified atom stereocenters. The predicted molar refractivity (Wildman–Crippen MR) is 108 cm³/mol. The molecule has 2 aromatic carbocycles. The highest BCUT2D eigenvalue weighted by atomic mass is 79.9. The van der Waals surface area contributed by atoms with Crippen LogP contribution in [-0.4, -0.2) is 42.4 Å². The molecule has 0 spiro atoms. The Balaban J connectivity index is 1.56. The zero-order chi connectivity index (χ0) is 19.7. The van der Waals surface area contributed by atoms with E-state index in [1.54, 1.807) is 0 Å². The van der Waals surface area contributed by atoms with Crippen LogP contribution in [0.15, 0.2) is 40.9 Å². The first-order chi connectivity index (χ1) is 13.5. The molecule has 0 bridgehead atoms. The number of fused-ring (bicyclic) bond motifs is 1. The summed E-state index contributed by atoms with van der Waals surface area (Å²) in [5, 5.41) is 20.1. The first-order valence-corrected chi connectivity index (χ1v) is 10.4. The first-order valence-electron chi connectivity index (χ1n) is 9.62. The van der Waals surface area contributed by atoms with E-state index < -0.39 is 18.5 Å². The normalized spacial score (nSPS) is 27.1. The molecular weight excluding hydrogens is 424 g/mol. The summed E-state index contributed by atoms with van der Waals surface area (Å²) in [5.74, 6) is 0.997. The number of hydrogen-bond acceptors (Lipinski definition) is 5. The van der Waals surface area contributed by atoms with E-state index in [0.717, 1.165) is 47.2 Å². The quantitative estimate of drug-likeness (QED) is 0.748. The molecule has 5 nitrogen and oxygen atoms in total. The Morgan fingerprint density at radius 1 is 1.18 bits per heavy atom. The van der Waals surface area contributed by atoms with Gasteiger partial charge in [-0.25, -0.2) is 0 Å². The van der Waals surface area contributed by atoms with Gasteiger partial charge < -0.3 is 24.4 Å². The van der Waals surface area contributed by atoms with Gasteiger partial charge in [0.1, 0.15) is 11.9 Å². The lowest BCUT2D eigenvalue weighted by Crippen LogP contribution is -2.46. The number of aliphatic hydroxyl groups is 2. The lowest BCUT2D eigenvalue weighted by molar-refractivity contribution is -0.259. The van der Waals surface area contributed by atoms with Crippen molar-refractivity contribution in [3.05, 3.63) is 63.1 Å². The highest BCUT2D eigenvalue weighted by Gasteiger charge is 2.37. The van der Waals surface area contributed by atoms with Crippen molar-refractivity contribution >= 4 is 15.9 Å². The van der Waals surface area contributed by atoms with Crippen LogP contribution >= 0.6 is 15.9 Å². The third-order valence-corrected chi connectivity index (χ3v) is 6.24. The summed E-state index contributed by atoms with van der Waals surface area (Å²) in [4.78, 5) is 0. The molecule has 0 amide bonds. The van der Waals surface area contributed by atoms with Crippen LogP contribution in [0.5, 0.6) is 5.75 Å². The van der Waals surface area contributed by atoms with Crippen LogP contribution in [0, 0.1) is 0 Å². The molecule has 0 aromatic heterocycles. The fourth-order valence-corrected chi connectivity index (χ4v) is 4.31. The Kier molecular flexibility index (Phi) is 6.04. The molecule has 2 heterocycles. The number of benzene rings is 2. The van der Waals surface area contributed by atoms with E-state index in [9.17, 15) is 10.2 Å². The number of ether oxygens (including phenoxy) is 3. The summed E-state index contributed by atoms with van der Waals surface area (Å²) in [7, 11) is 1.47. The van der Waals surface area contributed by atoms with Crippen LogP contribution in [-0.2, 0) is 22.3 Å².